The van der Waals surface area contributed by atoms with Gasteiger partial charge in [0.25, 0.3) is 0 Å². The van der Waals surface area contributed by atoms with Crippen molar-refractivity contribution < 1.29 is 0 Å². The number of pyridine rings is 1. The van der Waals surface area contributed by atoms with Gasteiger partial charge < -0.3 is 10.6 Å². The van der Waals surface area contributed by atoms with Crippen LogP contribution in [0.3, 0.4) is 0 Å². The summed E-state index contributed by atoms with van der Waals surface area (Å²) in [6, 6.07) is 14.1. The molecule has 0 saturated carbocycles. The van der Waals surface area contributed by atoms with Crippen molar-refractivity contribution in [1.82, 2.24) is 15.6 Å². The third-order valence-electron chi connectivity index (χ3n) is 2.96. The van der Waals surface area contributed by atoms with E-state index in [1.54, 1.807) is 12.3 Å². The van der Waals surface area contributed by atoms with Crippen LogP contribution in [0.2, 0.25) is 5.15 Å². The highest BCUT2D eigenvalue weighted by molar-refractivity contribution is 14.0. The van der Waals surface area contributed by atoms with Crippen LogP contribution in [-0.2, 0) is 6.54 Å². The van der Waals surface area contributed by atoms with E-state index < -0.39 is 0 Å². The van der Waals surface area contributed by atoms with E-state index in [1.165, 1.54) is 4.90 Å². The second-order valence-corrected chi connectivity index (χ2v) is 6.33. The lowest BCUT2D eigenvalue weighted by atomic mass is 10.3. The average molecular weight is 477 g/mol. The third kappa shape index (κ3) is 8.21. The third-order valence-corrected chi connectivity index (χ3v) is 4.20. The first-order valence-corrected chi connectivity index (χ1v) is 8.94. The van der Waals surface area contributed by atoms with Gasteiger partial charge in [0.2, 0.25) is 0 Å². The van der Waals surface area contributed by atoms with E-state index in [2.05, 4.69) is 51.8 Å². The number of aromatic nitrogens is 1. The maximum atomic E-state index is 5.79. The van der Waals surface area contributed by atoms with Crippen LogP contribution >= 0.6 is 47.3 Å². The van der Waals surface area contributed by atoms with Crippen LogP contribution < -0.4 is 10.6 Å². The summed E-state index contributed by atoms with van der Waals surface area (Å²) < 4.78 is 0. The highest BCUT2D eigenvalue weighted by atomic mass is 127. The summed E-state index contributed by atoms with van der Waals surface area (Å²) in [5, 5.41) is 7.09. The van der Waals surface area contributed by atoms with Crippen molar-refractivity contribution in [3.05, 3.63) is 59.4 Å². The lowest BCUT2D eigenvalue weighted by Gasteiger charge is -2.11. The number of thioether (sulfide) groups is 1. The average Bonchev–Trinajstić information content (AvgIpc) is 2.59. The summed E-state index contributed by atoms with van der Waals surface area (Å²) in [6.45, 7) is 4.31. The van der Waals surface area contributed by atoms with Crippen molar-refractivity contribution in [2.45, 2.75) is 18.4 Å². The summed E-state index contributed by atoms with van der Waals surface area (Å²) >= 11 is 7.61. The molecular formula is C17H22ClIN4S. The molecule has 0 aliphatic heterocycles. The van der Waals surface area contributed by atoms with Crippen molar-refractivity contribution in [3.63, 3.8) is 0 Å². The van der Waals surface area contributed by atoms with Gasteiger partial charge in [-0.15, -0.1) is 35.7 Å². The molecule has 1 aromatic carbocycles. The van der Waals surface area contributed by atoms with Gasteiger partial charge >= 0.3 is 0 Å². The van der Waals surface area contributed by atoms with Crippen LogP contribution in [0.15, 0.2) is 58.5 Å². The molecule has 0 aliphatic rings. The van der Waals surface area contributed by atoms with E-state index in [-0.39, 0.29) is 24.0 Å². The molecule has 7 heteroatoms. The minimum Gasteiger partial charge on any atom is -0.357 e. The summed E-state index contributed by atoms with van der Waals surface area (Å²) in [5.74, 6) is 1.80. The topological polar surface area (TPSA) is 49.3 Å². The van der Waals surface area contributed by atoms with E-state index in [0.29, 0.717) is 11.7 Å². The number of benzene rings is 1. The number of nitrogens with zero attached hydrogens (tertiary/aromatic N) is 2. The lowest BCUT2D eigenvalue weighted by molar-refractivity contribution is 0.842. The first-order chi connectivity index (χ1) is 11.3. The molecule has 0 fully saturated rings. The molecule has 0 spiro atoms. The summed E-state index contributed by atoms with van der Waals surface area (Å²) in [5.41, 5.74) is 1.03. The first kappa shape index (κ1) is 21.1. The van der Waals surface area contributed by atoms with Crippen LogP contribution in [-0.4, -0.2) is 29.8 Å². The second-order valence-electron chi connectivity index (χ2n) is 4.77. The van der Waals surface area contributed by atoms with Crippen molar-refractivity contribution in [2.75, 3.05) is 18.8 Å². The number of hydrogen-bond donors (Lipinski definition) is 2. The van der Waals surface area contributed by atoms with Crippen molar-refractivity contribution >= 4 is 53.3 Å². The Labute approximate surface area is 169 Å². The van der Waals surface area contributed by atoms with Crippen LogP contribution in [0.1, 0.15) is 12.5 Å². The monoisotopic (exact) mass is 476 g/mol. The molecule has 0 atom stereocenters. The Balaban J connectivity index is 0.00000288. The Morgan fingerprint density at radius 3 is 2.62 bits per heavy atom. The van der Waals surface area contributed by atoms with E-state index in [0.717, 1.165) is 30.4 Å². The van der Waals surface area contributed by atoms with E-state index >= 15 is 0 Å². The summed E-state index contributed by atoms with van der Waals surface area (Å²) in [7, 11) is 0. The molecule has 130 valence electrons. The molecule has 2 aromatic rings. The highest BCUT2D eigenvalue weighted by Crippen LogP contribution is 2.15. The van der Waals surface area contributed by atoms with Gasteiger partial charge in [-0.05, 0) is 30.7 Å². The first-order valence-electron chi connectivity index (χ1n) is 7.58. The second kappa shape index (κ2) is 12.4. The van der Waals surface area contributed by atoms with E-state index in [9.17, 15) is 0 Å². The molecular weight excluding hydrogens is 455 g/mol. The van der Waals surface area contributed by atoms with Crippen LogP contribution in [0.5, 0.6) is 0 Å². The number of rotatable bonds is 7. The number of nitrogens with one attached hydrogen (secondary N) is 2. The smallest absolute Gasteiger partial charge is 0.191 e. The molecule has 0 amide bonds. The van der Waals surface area contributed by atoms with Gasteiger partial charge in [-0.2, -0.15) is 0 Å². The normalized spacial score (nSPS) is 10.8. The standard InChI is InChI=1S/C17H21ClN4S.HI/c1-2-19-17(22-13-14-8-9-16(18)21-12-14)20-10-11-23-15-6-4-3-5-7-15;/h3-9,12H,2,10-11,13H2,1H3,(H2,19,20,22);1H. The number of halogens is 2. The van der Waals surface area contributed by atoms with Crippen LogP contribution in [0.25, 0.3) is 0 Å². The molecule has 0 unspecified atom stereocenters. The van der Waals surface area contributed by atoms with E-state index in [4.69, 9.17) is 11.6 Å². The predicted molar refractivity (Wildman–Crippen MR) is 115 cm³/mol. The largest absolute Gasteiger partial charge is 0.357 e. The maximum Gasteiger partial charge on any atom is 0.191 e. The molecule has 2 rings (SSSR count). The van der Waals surface area contributed by atoms with Crippen molar-refractivity contribution in [3.8, 4) is 0 Å². The minimum atomic E-state index is 0. The maximum absolute atomic E-state index is 5.79. The van der Waals surface area contributed by atoms with Gasteiger partial charge in [-0.25, -0.2) is 9.98 Å². The molecule has 0 aliphatic carbocycles. The van der Waals surface area contributed by atoms with E-state index in [1.807, 2.05) is 23.9 Å². The highest BCUT2D eigenvalue weighted by Gasteiger charge is 1.99. The van der Waals surface area contributed by atoms with Crippen LogP contribution in [0.4, 0.5) is 0 Å². The molecule has 0 saturated heterocycles. The summed E-state index contributed by atoms with van der Waals surface area (Å²) in [6.07, 6.45) is 1.75. The zero-order valence-corrected chi connectivity index (χ0v) is 17.4. The molecule has 1 aromatic heterocycles. The van der Waals surface area contributed by atoms with Crippen molar-refractivity contribution in [1.29, 1.82) is 0 Å². The Morgan fingerprint density at radius 2 is 1.96 bits per heavy atom. The Kier molecular flexibility index (Phi) is 10.9. The Hall–Kier alpha value is -0.990. The number of hydrogen-bond acceptors (Lipinski definition) is 3. The van der Waals surface area contributed by atoms with Gasteiger partial charge in [0.15, 0.2) is 5.96 Å². The van der Waals surface area contributed by atoms with Gasteiger partial charge in [-0.3, -0.25) is 0 Å². The number of guanidine groups is 1. The van der Waals surface area contributed by atoms with Gasteiger partial charge in [0.05, 0.1) is 6.54 Å². The predicted octanol–water partition coefficient (Wildman–Crippen LogP) is 4.20. The molecule has 24 heavy (non-hydrogen) atoms. The van der Waals surface area contributed by atoms with Crippen molar-refractivity contribution in [2.24, 2.45) is 4.99 Å². The Morgan fingerprint density at radius 1 is 1.17 bits per heavy atom. The molecule has 0 bridgehead atoms. The minimum absolute atomic E-state index is 0. The SMILES string of the molecule is CCNC(=NCc1ccc(Cl)nc1)NCCSc1ccccc1.I. The quantitative estimate of drug-likeness (QED) is 0.157. The molecule has 1 heterocycles. The van der Waals surface area contributed by atoms with Gasteiger partial charge in [0.1, 0.15) is 5.15 Å². The van der Waals surface area contributed by atoms with Gasteiger partial charge in [-0.1, -0.05) is 35.9 Å². The fourth-order valence-corrected chi connectivity index (χ4v) is 2.77. The molecule has 2 N–H and O–H groups in total. The zero-order valence-electron chi connectivity index (χ0n) is 13.5. The lowest BCUT2D eigenvalue weighted by Crippen LogP contribution is -2.38. The molecule has 4 nitrogen and oxygen atoms in total. The van der Waals surface area contributed by atoms with Crippen LogP contribution in [0, 0.1) is 0 Å². The summed E-state index contributed by atoms with van der Waals surface area (Å²) in [4.78, 5) is 9.91. The zero-order chi connectivity index (χ0) is 16.3. The Bertz CT molecular complexity index is 608. The fraction of sp³-hybridized carbons (Fsp3) is 0.294. The number of aliphatic imine (C=N–C) groups is 1. The molecule has 0 radical (unpaired) electrons. The van der Waals surface area contributed by atoms with Gasteiger partial charge in [0, 0.05) is 29.9 Å². The fourth-order valence-electron chi connectivity index (χ4n) is 1.87.